The second kappa shape index (κ2) is 9.41. The Hall–Kier alpha value is -2.38. The summed E-state index contributed by atoms with van der Waals surface area (Å²) in [5.41, 5.74) is 1.96. The average Bonchev–Trinajstić information content (AvgIpc) is 2.73. The van der Waals surface area contributed by atoms with Crippen LogP contribution >= 0.6 is 0 Å². The normalized spacial score (nSPS) is 15.8. The summed E-state index contributed by atoms with van der Waals surface area (Å²) in [6.45, 7) is 3.24. The van der Waals surface area contributed by atoms with E-state index >= 15 is 0 Å². The first-order chi connectivity index (χ1) is 13.9. The number of nitrogens with one attached hydrogen (secondary N) is 1. The Labute approximate surface area is 172 Å². The van der Waals surface area contributed by atoms with Crippen LogP contribution in [0.3, 0.4) is 0 Å². The summed E-state index contributed by atoms with van der Waals surface area (Å²) in [6, 6.07) is 14.5. The van der Waals surface area contributed by atoms with Gasteiger partial charge in [0.15, 0.2) is 0 Å². The van der Waals surface area contributed by atoms with E-state index in [0.29, 0.717) is 43.8 Å². The molecule has 2 aromatic carbocycles. The van der Waals surface area contributed by atoms with E-state index in [2.05, 4.69) is 5.32 Å². The van der Waals surface area contributed by atoms with E-state index in [0.717, 1.165) is 16.9 Å². The van der Waals surface area contributed by atoms with Crippen LogP contribution in [0.4, 0.5) is 0 Å². The van der Waals surface area contributed by atoms with Gasteiger partial charge in [-0.15, -0.1) is 0 Å². The summed E-state index contributed by atoms with van der Waals surface area (Å²) >= 11 is 0. The molecule has 7 heteroatoms. The molecule has 1 heterocycles. The number of hydrogen-bond acceptors (Lipinski definition) is 4. The van der Waals surface area contributed by atoms with E-state index in [9.17, 15) is 13.2 Å². The minimum atomic E-state index is -3.47. The van der Waals surface area contributed by atoms with Crippen LogP contribution in [0.1, 0.15) is 30.4 Å². The highest BCUT2D eigenvalue weighted by Gasteiger charge is 2.30. The zero-order chi connectivity index (χ0) is 20.9. The maximum atomic E-state index is 12.8. The van der Waals surface area contributed by atoms with Gasteiger partial charge in [-0.05, 0) is 43.9 Å². The van der Waals surface area contributed by atoms with Crippen molar-refractivity contribution in [1.29, 1.82) is 0 Å². The number of ether oxygens (including phenoxy) is 1. The standard InChI is InChI=1S/C22H28N2O4S/c1-17-7-9-20(10-8-17)29(26,27)24-13-11-18(12-14-24)15-22(25)23-16-19-5-3-4-6-21(19)28-2/h3-10,18H,11-16H2,1-2H3,(H,23,25). The van der Waals surface area contributed by atoms with E-state index in [1.807, 2.05) is 43.3 Å². The van der Waals surface area contributed by atoms with Crippen LogP contribution < -0.4 is 10.1 Å². The summed E-state index contributed by atoms with van der Waals surface area (Å²) in [7, 11) is -1.86. The molecule has 0 atom stereocenters. The number of para-hydroxylation sites is 1. The van der Waals surface area contributed by atoms with Crippen LogP contribution in [-0.2, 0) is 21.4 Å². The zero-order valence-corrected chi connectivity index (χ0v) is 17.7. The minimum absolute atomic E-state index is 0.0178. The smallest absolute Gasteiger partial charge is 0.243 e. The molecule has 29 heavy (non-hydrogen) atoms. The van der Waals surface area contributed by atoms with Crippen molar-refractivity contribution >= 4 is 15.9 Å². The van der Waals surface area contributed by atoms with Crippen LogP contribution in [-0.4, -0.2) is 38.8 Å². The van der Waals surface area contributed by atoms with Gasteiger partial charge in [-0.2, -0.15) is 4.31 Å². The number of carbonyl (C=O) groups excluding carboxylic acids is 1. The number of piperidine rings is 1. The van der Waals surface area contributed by atoms with Gasteiger partial charge in [0.25, 0.3) is 0 Å². The third kappa shape index (κ3) is 5.36. The first-order valence-corrected chi connectivity index (χ1v) is 11.3. The van der Waals surface area contributed by atoms with Crippen molar-refractivity contribution < 1.29 is 17.9 Å². The first-order valence-electron chi connectivity index (χ1n) is 9.85. The Bertz CT molecular complexity index is 934. The Kier molecular flexibility index (Phi) is 6.92. The molecular weight excluding hydrogens is 388 g/mol. The molecule has 6 nitrogen and oxygen atoms in total. The largest absolute Gasteiger partial charge is 0.496 e. The van der Waals surface area contributed by atoms with Gasteiger partial charge in [-0.25, -0.2) is 8.42 Å². The molecule has 3 rings (SSSR count). The minimum Gasteiger partial charge on any atom is -0.496 e. The van der Waals surface area contributed by atoms with Gasteiger partial charge in [0.1, 0.15) is 5.75 Å². The number of aryl methyl sites for hydroxylation is 1. The van der Waals surface area contributed by atoms with Gasteiger partial charge in [0, 0.05) is 31.6 Å². The third-order valence-electron chi connectivity index (χ3n) is 5.37. The zero-order valence-electron chi connectivity index (χ0n) is 16.9. The molecule has 156 valence electrons. The summed E-state index contributed by atoms with van der Waals surface area (Å²) in [6.07, 6.45) is 1.79. The van der Waals surface area contributed by atoms with Crippen LogP contribution in [0, 0.1) is 12.8 Å². The molecule has 1 N–H and O–H groups in total. The van der Waals surface area contributed by atoms with Crippen molar-refractivity contribution in [3.05, 3.63) is 59.7 Å². The molecule has 0 radical (unpaired) electrons. The molecule has 0 spiro atoms. The number of amides is 1. The maximum Gasteiger partial charge on any atom is 0.243 e. The van der Waals surface area contributed by atoms with Gasteiger partial charge in [0.05, 0.1) is 12.0 Å². The monoisotopic (exact) mass is 416 g/mol. The van der Waals surface area contributed by atoms with E-state index in [1.165, 1.54) is 4.31 Å². The molecule has 1 amide bonds. The summed E-state index contributed by atoms with van der Waals surface area (Å²) in [5.74, 6) is 0.926. The third-order valence-corrected chi connectivity index (χ3v) is 7.29. The topological polar surface area (TPSA) is 75.7 Å². The number of benzene rings is 2. The molecule has 1 aliphatic rings. The molecule has 2 aromatic rings. The van der Waals surface area contributed by atoms with Crippen LogP contribution in [0.2, 0.25) is 0 Å². The molecule has 1 aliphatic heterocycles. The number of methoxy groups -OCH3 is 1. The SMILES string of the molecule is COc1ccccc1CNC(=O)CC1CCN(S(=O)(=O)c2ccc(C)cc2)CC1. The summed E-state index contributed by atoms with van der Waals surface area (Å²) in [4.78, 5) is 12.7. The van der Waals surface area contributed by atoms with Gasteiger partial charge < -0.3 is 10.1 Å². The van der Waals surface area contributed by atoms with Crippen molar-refractivity contribution in [2.45, 2.75) is 37.6 Å². The predicted octanol–water partition coefficient (Wildman–Crippen LogP) is 3.11. The predicted molar refractivity (Wildman–Crippen MR) is 112 cm³/mol. The van der Waals surface area contributed by atoms with Crippen molar-refractivity contribution in [3.8, 4) is 5.75 Å². The van der Waals surface area contributed by atoms with Gasteiger partial charge >= 0.3 is 0 Å². The average molecular weight is 417 g/mol. The van der Waals surface area contributed by atoms with E-state index < -0.39 is 10.0 Å². The number of rotatable bonds is 7. The molecule has 0 aliphatic carbocycles. The Morgan fingerprint density at radius 2 is 1.76 bits per heavy atom. The van der Waals surface area contributed by atoms with E-state index in [1.54, 1.807) is 19.2 Å². The van der Waals surface area contributed by atoms with Crippen LogP contribution in [0.15, 0.2) is 53.4 Å². The number of nitrogens with zero attached hydrogens (tertiary/aromatic N) is 1. The van der Waals surface area contributed by atoms with Crippen molar-refractivity contribution in [3.63, 3.8) is 0 Å². The van der Waals surface area contributed by atoms with Gasteiger partial charge in [-0.1, -0.05) is 35.9 Å². The van der Waals surface area contributed by atoms with Gasteiger partial charge in [-0.3, -0.25) is 4.79 Å². The molecule has 0 bridgehead atoms. The molecule has 0 unspecified atom stereocenters. The van der Waals surface area contributed by atoms with Crippen molar-refractivity contribution in [2.24, 2.45) is 5.92 Å². The second-order valence-electron chi connectivity index (χ2n) is 7.45. The second-order valence-corrected chi connectivity index (χ2v) is 9.39. The van der Waals surface area contributed by atoms with E-state index in [-0.39, 0.29) is 11.8 Å². The number of hydrogen-bond donors (Lipinski definition) is 1. The fourth-order valence-electron chi connectivity index (χ4n) is 3.59. The lowest BCUT2D eigenvalue weighted by Gasteiger charge is -2.31. The summed E-state index contributed by atoms with van der Waals surface area (Å²) in [5, 5.41) is 2.94. The lowest BCUT2D eigenvalue weighted by molar-refractivity contribution is -0.122. The fraction of sp³-hybridized carbons (Fsp3) is 0.409. The lowest BCUT2D eigenvalue weighted by atomic mass is 9.94. The molecular formula is C22H28N2O4S. The highest BCUT2D eigenvalue weighted by molar-refractivity contribution is 7.89. The Morgan fingerprint density at radius 1 is 1.10 bits per heavy atom. The van der Waals surface area contributed by atoms with E-state index in [4.69, 9.17) is 4.74 Å². The number of carbonyl (C=O) groups is 1. The lowest BCUT2D eigenvalue weighted by Crippen LogP contribution is -2.39. The van der Waals surface area contributed by atoms with Crippen LogP contribution in [0.5, 0.6) is 5.75 Å². The first kappa shape index (κ1) is 21.3. The quantitative estimate of drug-likeness (QED) is 0.753. The molecule has 0 saturated carbocycles. The molecule has 1 fully saturated rings. The Morgan fingerprint density at radius 3 is 2.41 bits per heavy atom. The fourth-order valence-corrected chi connectivity index (χ4v) is 5.06. The van der Waals surface area contributed by atoms with Crippen molar-refractivity contribution in [1.82, 2.24) is 9.62 Å². The number of sulfonamides is 1. The highest BCUT2D eigenvalue weighted by Crippen LogP contribution is 2.26. The maximum absolute atomic E-state index is 12.8. The highest BCUT2D eigenvalue weighted by atomic mass is 32.2. The molecule has 1 saturated heterocycles. The Balaban J connectivity index is 1.49. The van der Waals surface area contributed by atoms with Crippen LogP contribution in [0.25, 0.3) is 0 Å². The van der Waals surface area contributed by atoms with Gasteiger partial charge in [0.2, 0.25) is 15.9 Å². The van der Waals surface area contributed by atoms with Crippen molar-refractivity contribution in [2.75, 3.05) is 20.2 Å². The molecule has 0 aromatic heterocycles. The summed E-state index contributed by atoms with van der Waals surface area (Å²) < 4.78 is 32.4.